The highest BCUT2D eigenvalue weighted by atomic mass is 19.4. The summed E-state index contributed by atoms with van der Waals surface area (Å²) < 4.78 is 51.8. The summed E-state index contributed by atoms with van der Waals surface area (Å²) in [6, 6.07) is 14.6. The van der Waals surface area contributed by atoms with Crippen LogP contribution in [0, 0.1) is 5.82 Å². The monoisotopic (exact) mass is 344 g/mol. The zero-order valence-electron chi connectivity index (χ0n) is 13.4. The second-order valence-electron chi connectivity index (χ2n) is 5.92. The Balaban J connectivity index is 1.96. The smallest absolute Gasteiger partial charge is 0.206 e. The summed E-state index contributed by atoms with van der Waals surface area (Å²) in [7, 11) is 0. The first kappa shape index (κ1) is 17.2. The zero-order chi connectivity index (χ0) is 18.0. The molecule has 0 saturated heterocycles. The molecule has 0 amide bonds. The van der Waals surface area contributed by atoms with E-state index >= 15 is 0 Å². The molecule has 0 aromatic heterocycles. The fourth-order valence-electron chi connectivity index (χ4n) is 2.82. The maximum Gasteiger partial charge on any atom is 0.419 e. The Morgan fingerprint density at radius 1 is 0.840 bits per heavy atom. The molecule has 0 aliphatic heterocycles. The van der Waals surface area contributed by atoms with Gasteiger partial charge in [0, 0.05) is 0 Å². The van der Waals surface area contributed by atoms with Crippen molar-refractivity contribution in [1.82, 2.24) is 0 Å². The molecule has 0 bridgehead atoms. The largest absolute Gasteiger partial charge is 0.419 e. The van der Waals surface area contributed by atoms with E-state index in [0.29, 0.717) is 11.1 Å². The third-order valence-corrected chi connectivity index (χ3v) is 4.15. The predicted octanol–water partition coefficient (Wildman–Crippen LogP) is 6.78. The van der Waals surface area contributed by atoms with Crippen molar-refractivity contribution in [2.24, 2.45) is 0 Å². The molecule has 0 radical (unpaired) electrons. The topological polar surface area (TPSA) is 0 Å². The number of benzene rings is 3. The van der Waals surface area contributed by atoms with Gasteiger partial charge in [-0.3, -0.25) is 0 Å². The Morgan fingerprint density at radius 3 is 2.16 bits per heavy atom. The van der Waals surface area contributed by atoms with Crippen LogP contribution in [0.3, 0.4) is 0 Å². The van der Waals surface area contributed by atoms with Crippen LogP contribution in [-0.2, 0) is 12.6 Å². The fourth-order valence-corrected chi connectivity index (χ4v) is 2.82. The minimum Gasteiger partial charge on any atom is -0.206 e. The number of aryl methyl sites for hydroxylation is 1. The third-order valence-electron chi connectivity index (χ3n) is 4.15. The minimum absolute atomic E-state index is 0.420. The normalized spacial score (nSPS) is 11.7. The average Bonchev–Trinajstić information content (AvgIpc) is 2.58. The number of fused-ring (bicyclic) bond motifs is 1. The standard InChI is InChI=1S/C21H16F4/c1-2-3-4-14-5-6-16-12-17(8-7-15(16)11-14)18-9-10-19(20(22)13-18)21(23,24)25/h2,5-13H,1,3-4H2. The minimum atomic E-state index is -4.69. The van der Waals surface area contributed by atoms with Crippen LogP contribution in [0.5, 0.6) is 0 Å². The molecule has 0 nitrogen and oxygen atoms in total. The van der Waals surface area contributed by atoms with Gasteiger partial charge in [-0.15, -0.1) is 6.58 Å². The van der Waals surface area contributed by atoms with Gasteiger partial charge < -0.3 is 0 Å². The maximum atomic E-state index is 13.8. The highest BCUT2D eigenvalue weighted by Gasteiger charge is 2.33. The molecule has 0 aliphatic rings. The second-order valence-corrected chi connectivity index (χ2v) is 5.92. The number of hydrogen-bond donors (Lipinski definition) is 0. The summed E-state index contributed by atoms with van der Waals surface area (Å²) in [6.45, 7) is 3.71. The van der Waals surface area contributed by atoms with Crippen molar-refractivity contribution in [2.45, 2.75) is 19.0 Å². The summed E-state index contributed by atoms with van der Waals surface area (Å²) in [5, 5.41) is 2.00. The zero-order valence-corrected chi connectivity index (χ0v) is 13.4. The first-order valence-electron chi connectivity index (χ1n) is 7.89. The van der Waals surface area contributed by atoms with Gasteiger partial charge in [0.05, 0.1) is 5.56 Å². The van der Waals surface area contributed by atoms with Gasteiger partial charge in [0.2, 0.25) is 0 Å². The number of hydrogen-bond acceptors (Lipinski definition) is 0. The number of halogens is 4. The molecule has 3 rings (SSSR count). The fraction of sp³-hybridized carbons (Fsp3) is 0.143. The van der Waals surface area contributed by atoms with Crippen LogP contribution in [0.1, 0.15) is 17.5 Å². The molecule has 128 valence electrons. The van der Waals surface area contributed by atoms with Crippen molar-refractivity contribution in [1.29, 1.82) is 0 Å². The molecule has 0 fully saturated rings. The average molecular weight is 344 g/mol. The van der Waals surface area contributed by atoms with Gasteiger partial charge in [0.15, 0.2) is 0 Å². The molecule has 25 heavy (non-hydrogen) atoms. The molecule has 0 spiro atoms. The summed E-state index contributed by atoms with van der Waals surface area (Å²) in [5.74, 6) is -1.26. The Kier molecular flexibility index (Phi) is 4.62. The van der Waals surface area contributed by atoms with Crippen LogP contribution in [-0.4, -0.2) is 0 Å². The lowest BCUT2D eigenvalue weighted by molar-refractivity contribution is -0.139. The first-order valence-corrected chi connectivity index (χ1v) is 7.89. The highest BCUT2D eigenvalue weighted by molar-refractivity contribution is 5.87. The van der Waals surface area contributed by atoms with E-state index in [2.05, 4.69) is 12.6 Å². The van der Waals surface area contributed by atoms with Crippen molar-refractivity contribution < 1.29 is 17.6 Å². The molecule has 4 heteroatoms. The molecular weight excluding hydrogens is 328 g/mol. The van der Waals surface area contributed by atoms with Gasteiger partial charge in [0.1, 0.15) is 5.82 Å². The van der Waals surface area contributed by atoms with Crippen molar-refractivity contribution >= 4 is 10.8 Å². The van der Waals surface area contributed by atoms with E-state index in [4.69, 9.17) is 0 Å². The van der Waals surface area contributed by atoms with E-state index in [1.54, 1.807) is 6.07 Å². The lowest BCUT2D eigenvalue weighted by Crippen LogP contribution is -2.07. The molecule has 0 N–H and O–H groups in total. The van der Waals surface area contributed by atoms with Crippen molar-refractivity contribution in [3.63, 3.8) is 0 Å². The van der Waals surface area contributed by atoms with Crippen molar-refractivity contribution in [3.05, 3.63) is 84.2 Å². The van der Waals surface area contributed by atoms with Gasteiger partial charge in [-0.2, -0.15) is 13.2 Å². The molecular formula is C21H16F4. The summed E-state index contributed by atoms with van der Waals surface area (Å²) in [5.41, 5.74) is 1.05. The van der Waals surface area contributed by atoms with E-state index in [9.17, 15) is 17.6 Å². The van der Waals surface area contributed by atoms with Gasteiger partial charge in [0.25, 0.3) is 0 Å². The molecule has 0 heterocycles. The quantitative estimate of drug-likeness (QED) is 0.361. The van der Waals surface area contributed by atoms with Crippen LogP contribution in [0.15, 0.2) is 67.3 Å². The van der Waals surface area contributed by atoms with Gasteiger partial charge in [-0.1, -0.05) is 42.5 Å². The van der Waals surface area contributed by atoms with Crippen LogP contribution < -0.4 is 0 Å². The van der Waals surface area contributed by atoms with E-state index < -0.39 is 17.6 Å². The number of rotatable bonds is 4. The highest BCUT2D eigenvalue weighted by Crippen LogP contribution is 2.34. The van der Waals surface area contributed by atoms with Crippen molar-refractivity contribution in [2.75, 3.05) is 0 Å². The molecule has 0 saturated carbocycles. The lowest BCUT2D eigenvalue weighted by Gasteiger charge is -2.10. The molecule has 0 unspecified atom stereocenters. The molecule has 3 aromatic rings. The Hall–Kier alpha value is -2.62. The Bertz CT molecular complexity index is 923. The summed E-state index contributed by atoms with van der Waals surface area (Å²) in [6.07, 6.45) is -1.01. The van der Waals surface area contributed by atoms with Crippen LogP contribution in [0.4, 0.5) is 17.6 Å². The van der Waals surface area contributed by atoms with Gasteiger partial charge in [-0.25, -0.2) is 4.39 Å². The van der Waals surface area contributed by atoms with Crippen LogP contribution in [0.25, 0.3) is 21.9 Å². The molecule has 0 aliphatic carbocycles. The van der Waals surface area contributed by atoms with Gasteiger partial charge >= 0.3 is 6.18 Å². The number of alkyl halides is 3. The van der Waals surface area contributed by atoms with E-state index in [-0.39, 0.29) is 0 Å². The molecule has 0 atom stereocenters. The Labute approximate surface area is 143 Å². The first-order chi connectivity index (χ1) is 11.9. The van der Waals surface area contributed by atoms with Crippen molar-refractivity contribution in [3.8, 4) is 11.1 Å². The Morgan fingerprint density at radius 2 is 1.48 bits per heavy atom. The van der Waals surface area contributed by atoms with E-state index in [1.165, 1.54) is 11.6 Å². The second kappa shape index (κ2) is 6.71. The molecule has 3 aromatic carbocycles. The van der Waals surface area contributed by atoms with E-state index in [1.807, 2.05) is 30.3 Å². The third kappa shape index (κ3) is 3.73. The van der Waals surface area contributed by atoms with Gasteiger partial charge in [-0.05, 0) is 58.5 Å². The summed E-state index contributed by atoms with van der Waals surface area (Å²) in [4.78, 5) is 0. The maximum absolute atomic E-state index is 13.8. The van der Waals surface area contributed by atoms with Crippen LogP contribution in [0.2, 0.25) is 0 Å². The number of allylic oxidation sites excluding steroid dienone is 1. The summed E-state index contributed by atoms with van der Waals surface area (Å²) >= 11 is 0. The van der Waals surface area contributed by atoms with E-state index in [0.717, 1.165) is 35.7 Å². The van der Waals surface area contributed by atoms with Crippen LogP contribution >= 0.6 is 0 Å². The SMILES string of the molecule is C=CCCc1ccc2cc(-c3ccc(C(F)(F)F)c(F)c3)ccc2c1. The predicted molar refractivity (Wildman–Crippen MR) is 92.9 cm³/mol. The lowest BCUT2D eigenvalue weighted by atomic mass is 9.98.